The first-order valence-corrected chi connectivity index (χ1v) is 7.16. The Kier molecular flexibility index (Phi) is 4.08. The van der Waals surface area contributed by atoms with E-state index >= 15 is 0 Å². The quantitative estimate of drug-likeness (QED) is 0.484. The summed E-state index contributed by atoms with van der Waals surface area (Å²) in [6.45, 7) is 1.94. The van der Waals surface area contributed by atoms with Gasteiger partial charge in [-0.1, -0.05) is 34.1 Å². The molecule has 0 spiro atoms. The summed E-state index contributed by atoms with van der Waals surface area (Å²) >= 11 is 5.12. The molecule has 0 aliphatic rings. The summed E-state index contributed by atoms with van der Waals surface area (Å²) in [6.07, 6.45) is 0.556. The van der Waals surface area contributed by atoms with Crippen LogP contribution in [0.1, 0.15) is 21.1 Å². The van der Waals surface area contributed by atoms with Crippen LogP contribution in [0.5, 0.6) is 0 Å². The number of nitro groups is 1. The van der Waals surface area contributed by atoms with Gasteiger partial charge in [0.1, 0.15) is 0 Å². The van der Waals surface area contributed by atoms with Gasteiger partial charge in [-0.3, -0.25) is 10.1 Å². The van der Waals surface area contributed by atoms with Crippen molar-refractivity contribution in [2.75, 3.05) is 0 Å². The van der Waals surface area contributed by atoms with Crippen molar-refractivity contribution in [2.24, 2.45) is 0 Å². The minimum absolute atomic E-state index is 0.00329. The summed E-state index contributed by atoms with van der Waals surface area (Å²) in [4.78, 5) is 15.0. The lowest BCUT2D eigenvalue weighted by Crippen LogP contribution is -2.00. The lowest BCUT2D eigenvalue weighted by molar-refractivity contribution is -0.385. The Morgan fingerprint density at radius 1 is 1.50 bits per heavy atom. The van der Waals surface area contributed by atoms with Crippen LogP contribution in [-0.2, 0) is 6.42 Å². The van der Waals surface area contributed by atoms with Crippen LogP contribution in [0.25, 0.3) is 0 Å². The number of nitro benzene ring substituents is 1. The van der Waals surface area contributed by atoms with Gasteiger partial charge in [-0.05, 0) is 13.3 Å². The summed E-state index contributed by atoms with van der Waals surface area (Å²) in [5, 5.41) is 13.9. The van der Waals surface area contributed by atoms with E-state index in [2.05, 4.69) is 20.9 Å². The fraction of sp³-hybridized carbons (Fsp3) is 0.250. The lowest BCUT2D eigenvalue weighted by Gasteiger charge is -2.07. The standard InChI is InChI=1S/C12H11BrN2O2S/c1-8-14-11(7-18-8)10(13)6-9-4-2-3-5-12(9)15(16)17/h2-5,7,10H,6H2,1H3. The highest BCUT2D eigenvalue weighted by Gasteiger charge is 2.18. The van der Waals surface area contributed by atoms with Crippen LogP contribution in [0.3, 0.4) is 0 Å². The Morgan fingerprint density at radius 2 is 2.22 bits per heavy atom. The van der Waals surface area contributed by atoms with Gasteiger partial charge in [0.15, 0.2) is 0 Å². The number of nitrogens with zero attached hydrogens (tertiary/aromatic N) is 2. The van der Waals surface area contributed by atoms with Gasteiger partial charge in [0.2, 0.25) is 0 Å². The second kappa shape index (κ2) is 5.58. The highest BCUT2D eigenvalue weighted by atomic mass is 79.9. The third kappa shape index (κ3) is 2.94. The molecule has 0 bridgehead atoms. The number of rotatable bonds is 4. The maximum Gasteiger partial charge on any atom is 0.272 e. The van der Waals surface area contributed by atoms with Gasteiger partial charge in [-0.25, -0.2) is 4.98 Å². The molecule has 4 nitrogen and oxygen atoms in total. The minimum Gasteiger partial charge on any atom is -0.258 e. The Bertz CT molecular complexity index is 571. The van der Waals surface area contributed by atoms with E-state index in [0.717, 1.165) is 16.3 Å². The zero-order valence-electron chi connectivity index (χ0n) is 9.67. The van der Waals surface area contributed by atoms with Crippen molar-refractivity contribution in [3.8, 4) is 0 Å². The Morgan fingerprint density at radius 3 is 2.83 bits per heavy atom. The number of para-hydroxylation sites is 1. The molecule has 0 N–H and O–H groups in total. The fourth-order valence-electron chi connectivity index (χ4n) is 1.68. The number of thiazole rings is 1. The molecular weight excluding hydrogens is 316 g/mol. The molecule has 0 saturated carbocycles. The average Bonchev–Trinajstić information content (AvgIpc) is 2.76. The third-order valence-electron chi connectivity index (χ3n) is 2.55. The lowest BCUT2D eigenvalue weighted by atomic mass is 10.1. The normalized spacial score (nSPS) is 12.3. The Balaban J connectivity index is 2.21. The first kappa shape index (κ1) is 13.2. The van der Waals surface area contributed by atoms with E-state index in [9.17, 15) is 10.1 Å². The van der Waals surface area contributed by atoms with Crippen molar-refractivity contribution < 1.29 is 4.92 Å². The van der Waals surface area contributed by atoms with Gasteiger partial charge in [0.25, 0.3) is 5.69 Å². The van der Waals surface area contributed by atoms with E-state index in [1.807, 2.05) is 18.4 Å². The van der Waals surface area contributed by atoms with Gasteiger partial charge in [-0.15, -0.1) is 11.3 Å². The molecule has 1 atom stereocenters. The predicted octanol–water partition coefficient (Wildman–Crippen LogP) is 4.04. The van der Waals surface area contributed by atoms with Crippen molar-refractivity contribution in [3.05, 3.63) is 56.0 Å². The van der Waals surface area contributed by atoms with Gasteiger partial charge in [-0.2, -0.15) is 0 Å². The van der Waals surface area contributed by atoms with E-state index in [1.165, 1.54) is 6.07 Å². The molecule has 0 radical (unpaired) electrons. The Hall–Kier alpha value is -1.27. The van der Waals surface area contributed by atoms with E-state index in [-0.39, 0.29) is 15.4 Å². The first-order chi connectivity index (χ1) is 8.58. The second-order valence-electron chi connectivity index (χ2n) is 3.85. The molecule has 0 saturated heterocycles. The molecule has 6 heteroatoms. The number of alkyl halides is 1. The molecule has 18 heavy (non-hydrogen) atoms. The van der Waals surface area contributed by atoms with Crippen LogP contribution in [0.2, 0.25) is 0 Å². The zero-order valence-corrected chi connectivity index (χ0v) is 12.1. The van der Waals surface area contributed by atoms with Crippen molar-refractivity contribution in [1.82, 2.24) is 4.98 Å². The molecule has 0 aliphatic carbocycles. The number of aromatic nitrogens is 1. The molecule has 94 valence electrons. The maximum atomic E-state index is 10.9. The summed E-state index contributed by atoms with van der Waals surface area (Å²) in [5.41, 5.74) is 1.81. The van der Waals surface area contributed by atoms with Gasteiger partial charge >= 0.3 is 0 Å². The van der Waals surface area contributed by atoms with Crippen molar-refractivity contribution in [3.63, 3.8) is 0 Å². The SMILES string of the molecule is Cc1nc(C(Br)Cc2ccccc2[N+](=O)[O-])cs1. The van der Waals surface area contributed by atoms with Gasteiger partial charge in [0.05, 0.1) is 20.5 Å². The van der Waals surface area contributed by atoms with Gasteiger partial charge < -0.3 is 0 Å². The van der Waals surface area contributed by atoms with Crippen molar-refractivity contribution in [1.29, 1.82) is 0 Å². The van der Waals surface area contributed by atoms with Crippen LogP contribution in [0.15, 0.2) is 29.6 Å². The summed E-state index contributed by atoms with van der Waals surface area (Å²) in [7, 11) is 0. The summed E-state index contributed by atoms with van der Waals surface area (Å²) in [5.74, 6) is 0. The van der Waals surface area contributed by atoms with E-state index in [0.29, 0.717) is 6.42 Å². The number of hydrogen-bond acceptors (Lipinski definition) is 4. The molecule has 2 aromatic rings. The smallest absolute Gasteiger partial charge is 0.258 e. The van der Waals surface area contributed by atoms with Crippen LogP contribution in [0, 0.1) is 17.0 Å². The van der Waals surface area contributed by atoms with E-state index in [4.69, 9.17) is 0 Å². The predicted molar refractivity (Wildman–Crippen MR) is 75.3 cm³/mol. The maximum absolute atomic E-state index is 10.9. The average molecular weight is 327 g/mol. The number of hydrogen-bond donors (Lipinski definition) is 0. The summed E-state index contributed by atoms with van der Waals surface area (Å²) < 4.78 is 0. The van der Waals surface area contributed by atoms with Crippen LogP contribution < -0.4 is 0 Å². The molecule has 1 unspecified atom stereocenters. The first-order valence-electron chi connectivity index (χ1n) is 5.36. The van der Waals surface area contributed by atoms with E-state index < -0.39 is 0 Å². The molecule has 1 aromatic carbocycles. The highest BCUT2D eigenvalue weighted by molar-refractivity contribution is 9.09. The molecule has 1 heterocycles. The highest BCUT2D eigenvalue weighted by Crippen LogP contribution is 2.31. The van der Waals surface area contributed by atoms with Crippen LogP contribution in [-0.4, -0.2) is 9.91 Å². The minimum atomic E-state index is -0.346. The van der Waals surface area contributed by atoms with E-state index in [1.54, 1.807) is 23.5 Å². The second-order valence-corrected chi connectivity index (χ2v) is 6.02. The third-order valence-corrected chi connectivity index (χ3v) is 4.13. The molecule has 0 fully saturated rings. The molecule has 1 aromatic heterocycles. The van der Waals surface area contributed by atoms with Gasteiger partial charge in [0, 0.05) is 17.0 Å². The molecule has 0 amide bonds. The zero-order chi connectivity index (χ0) is 13.1. The summed E-state index contributed by atoms with van der Waals surface area (Å²) in [6, 6.07) is 6.80. The Labute approximate surface area is 117 Å². The van der Waals surface area contributed by atoms with Crippen molar-refractivity contribution >= 4 is 33.0 Å². The topological polar surface area (TPSA) is 56.0 Å². The monoisotopic (exact) mass is 326 g/mol. The number of halogens is 1. The van der Waals surface area contributed by atoms with Crippen molar-refractivity contribution in [2.45, 2.75) is 18.2 Å². The fourth-order valence-corrected chi connectivity index (χ4v) is 3.11. The number of benzene rings is 1. The van der Waals surface area contributed by atoms with Crippen LogP contribution >= 0.6 is 27.3 Å². The van der Waals surface area contributed by atoms with Crippen LogP contribution in [0.4, 0.5) is 5.69 Å². The number of aryl methyl sites for hydroxylation is 1. The largest absolute Gasteiger partial charge is 0.272 e. The molecule has 0 aliphatic heterocycles. The molecular formula is C12H11BrN2O2S. The molecule has 2 rings (SSSR count).